The number of aromatic nitrogens is 3. The zero-order chi connectivity index (χ0) is 23.5. The van der Waals surface area contributed by atoms with Crippen LogP contribution in [0.4, 0.5) is 0 Å². The molecule has 33 heavy (non-hydrogen) atoms. The van der Waals surface area contributed by atoms with Gasteiger partial charge in [-0.25, -0.2) is 0 Å². The minimum absolute atomic E-state index is 0.160. The molecule has 0 saturated carbocycles. The topological polar surface area (TPSA) is 101 Å². The van der Waals surface area contributed by atoms with Gasteiger partial charge in [-0.2, -0.15) is 14.6 Å². The van der Waals surface area contributed by atoms with Crippen LogP contribution in [0.5, 0.6) is 23.0 Å². The molecular weight excluding hydrogens is 446 g/mol. The number of thiazole rings is 1. The Balaban J connectivity index is 1.75. The van der Waals surface area contributed by atoms with Crippen molar-refractivity contribution in [2.45, 2.75) is 6.42 Å². The van der Waals surface area contributed by atoms with Crippen LogP contribution in [-0.2, 0) is 6.42 Å². The third-order valence-electron chi connectivity index (χ3n) is 4.98. The first kappa shape index (κ1) is 22.3. The van der Waals surface area contributed by atoms with Gasteiger partial charge < -0.3 is 18.9 Å². The van der Waals surface area contributed by atoms with Crippen LogP contribution in [0.1, 0.15) is 16.8 Å². The Morgan fingerprint density at radius 2 is 1.52 bits per heavy atom. The van der Waals surface area contributed by atoms with Crippen LogP contribution in [0, 0.1) is 0 Å². The van der Waals surface area contributed by atoms with Crippen molar-refractivity contribution in [1.82, 2.24) is 14.6 Å². The molecule has 0 aliphatic carbocycles. The molecule has 0 unspecified atom stereocenters. The van der Waals surface area contributed by atoms with E-state index in [4.69, 9.17) is 18.9 Å². The second-order valence-corrected chi connectivity index (χ2v) is 7.96. The predicted octanol–water partition coefficient (Wildman–Crippen LogP) is 1.68. The number of fused-ring (bicyclic) bond motifs is 1. The maximum Gasteiger partial charge on any atom is 0.296 e. The maximum absolute atomic E-state index is 13.0. The van der Waals surface area contributed by atoms with Gasteiger partial charge in [0.05, 0.1) is 33.0 Å². The normalized spacial score (nSPS) is 11.6. The molecule has 2 aromatic carbocycles. The lowest BCUT2D eigenvalue weighted by atomic mass is 10.1. The summed E-state index contributed by atoms with van der Waals surface area (Å²) in [6, 6.07) is 10.6. The third kappa shape index (κ3) is 4.37. The van der Waals surface area contributed by atoms with Crippen molar-refractivity contribution in [2.24, 2.45) is 0 Å². The number of ether oxygens (including phenoxy) is 4. The number of nitrogens with zero attached hydrogens (tertiary/aromatic N) is 3. The van der Waals surface area contributed by atoms with Crippen LogP contribution in [0.2, 0.25) is 0 Å². The van der Waals surface area contributed by atoms with E-state index in [1.165, 1.54) is 7.11 Å². The number of methoxy groups -OCH3 is 4. The van der Waals surface area contributed by atoms with E-state index in [1.54, 1.807) is 63.8 Å². The van der Waals surface area contributed by atoms with E-state index in [9.17, 15) is 9.59 Å². The number of hydrogen-bond acceptors (Lipinski definition) is 9. The van der Waals surface area contributed by atoms with Gasteiger partial charge >= 0.3 is 0 Å². The van der Waals surface area contributed by atoms with Crippen LogP contribution in [-0.4, -0.2) is 43.0 Å². The molecule has 9 nitrogen and oxygen atoms in total. The summed E-state index contributed by atoms with van der Waals surface area (Å²) >= 11 is 1.10. The van der Waals surface area contributed by atoms with E-state index in [-0.39, 0.29) is 22.6 Å². The summed E-state index contributed by atoms with van der Waals surface area (Å²) in [5.41, 5.74) is 0.838. The maximum atomic E-state index is 13.0. The van der Waals surface area contributed by atoms with Crippen LogP contribution >= 0.6 is 11.3 Å². The molecule has 0 bridgehead atoms. The Bertz CT molecular complexity index is 1490. The molecule has 10 heteroatoms. The van der Waals surface area contributed by atoms with E-state index in [1.807, 2.05) is 0 Å². The summed E-state index contributed by atoms with van der Waals surface area (Å²) in [5, 5.41) is 4.29. The Labute approximate surface area is 192 Å². The molecular formula is C23H21N3O6S. The highest BCUT2D eigenvalue weighted by Crippen LogP contribution is 2.28. The molecule has 0 aliphatic rings. The van der Waals surface area contributed by atoms with E-state index < -0.39 is 5.56 Å². The van der Waals surface area contributed by atoms with Crippen molar-refractivity contribution in [3.05, 3.63) is 78.5 Å². The van der Waals surface area contributed by atoms with Gasteiger partial charge in [0.25, 0.3) is 11.1 Å². The van der Waals surface area contributed by atoms with E-state index in [2.05, 4.69) is 10.1 Å². The van der Waals surface area contributed by atoms with Crippen LogP contribution in [0.3, 0.4) is 0 Å². The average molecular weight is 468 g/mol. The molecule has 2 heterocycles. The molecule has 0 aliphatic heterocycles. The molecule has 2 aromatic heterocycles. The summed E-state index contributed by atoms with van der Waals surface area (Å²) in [6.45, 7) is 0. The quantitative estimate of drug-likeness (QED) is 0.405. The van der Waals surface area contributed by atoms with Crippen LogP contribution in [0.15, 0.2) is 46.0 Å². The smallest absolute Gasteiger partial charge is 0.296 e. The van der Waals surface area contributed by atoms with Gasteiger partial charge in [-0.1, -0.05) is 23.5 Å². The lowest BCUT2D eigenvalue weighted by Crippen LogP contribution is -2.28. The first-order valence-corrected chi connectivity index (χ1v) is 10.7. The van der Waals surface area contributed by atoms with Crippen LogP contribution in [0.25, 0.3) is 11.0 Å². The standard InChI is InChI=1S/C23H21N3O6S/c1-29-16-7-5-13(10-18(16)31-3)9-15-21(27)24-23-26(25-15)22(28)20(33-23)12-14-6-8-17(30-2)19(11-14)32-4/h5-8,10-12H,9H2,1-4H3. The molecule has 4 aromatic rings. The van der Waals surface area contributed by atoms with Crippen molar-refractivity contribution in [3.8, 4) is 23.0 Å². The molecule has 170 valence electrons. The predicted molar refractivity (Wildman–Crippen MR) is 124 cm³/mol. The first-order valence-electron chi connectivity index (χ1n) is 9.84. The Kier molecular flexibility index (Phi) is 6.27. The molecule has 0 fully saturated rings. The number of rotatable bonds is 7. The van der Waals surface area contributed by atoms with Crippen molar-refractivity contribution in [1.29, 1.82) is 0 Å². The highest BCUT2D eigenvalue weighted by atomic mass is 32.1. The van der Waals surface area contributed by atoms with Crippen molar-refractivity contribution in [3.63, 3.8) is 0 Å². The lowest BCUT2D eigenvalue weighted by molar-refractivity contribution is 0.354. The molecule has 0 saturated heterocycles. The Hall–Kier alpha value is -3.92. The van der Waals surface area contributed by atoms with E-state index >= 15 is 0 Å². The molecule has 0 amide bonds. The highest BCUT2D eigenvalue weighted by Gasteiger charge is 2.13. The number of hydrogen-bond donors (Lipinski definition) is 0. The van der Waals surface area contributed by atoms with Gasteiger partial charge in [-0.15, -0.1) is 0 Å². The summed E-state index contributed by atoms with van der Waals surface area (Å²) in [4.78, 5) is 29.8. The van der Waals surface area contributed by atoms with Crippen molar-refractivity contribution < 1.29 is 18.9 Å². The third-order valence-corrected chi connectivity index (χ3v) is 5.93. The van der Waals surface area contributed by atoms with Gasteiger partial charge in [0.2, 0.25) is 4.96 Å². The Morgan fingerprint density at radius 3 is 2.18 bits per heavy atom. The fraction of sp³-hybridized carbons (Fsp3) is 0.217. The fourth-order valence-corrected chi connectivity index (χ4v) is 4.23. The fourth-order valence-electron chi connectivity index (χ4n) is 3.33. The summed E-state index contributed by atoms with van der Waals surface area (Å²) in [6.07, 6.45) is 1.89. The largest absolute Gasteiger partial charge is 0.493 e. The van der Waals surface area contributed by atoms with E-state index in [0.29, 0.717) is 27.5 Å². The van der Waals surface area contributed by atoms with Crippen LogP contribution < -0.4 is 34.6 Å². The summed E-state index contributed by atoms with van der Waals surface area (Å²) < 4.78 is 22.7. The zero-order valence-corrected chi connectivity index (χ0v) is 19.3. The van der Waals surface area contributed by atoms with Gasteiger partial charge in [-0.3, -0.25) is 9.59 Å². The van der Waals surface area contributed by atoms with E-state index in [0.717, 1.165) is 27.0 Å². The minimum atomic E-state index is -0.483. The SMILES string of the molecule is COc1ccc(C=c2sc3nc(=O)c(Cc4ccc(OC)c(OC)c4)nn3c2=O)cc1OC. The molecule has 4 rings (SSSR count). The van der Waals surface area contributed by atoms with Gasteiger partial charge in [0, 0.05) is 6.42 Å². The molecule has 0 spiro atoms. The monoisotopic (exact) mass is 467 g/mol. The minimum Gasteiger partial charge on any atom is -0.493 e. The first-order chi connectivity index (χ1) is 16.0. The molecule has 0 N–H and O–H groups in total. The lowest BCUT2D eigenvalue weighted by Gasteiger charge is -2.09. The second-order valence-electron chi connectivity index (χ2n) is 6.95. The number of benzene rings is 2. The summed E-state index contributed by atoms with van der Waals surface area (Å²) in [5.74, 6) is 2.25. The average Bonchev–Trinajstić information content (AvgIpc) is 3.12. The van der Waals surface area contributed by atoms with Gasteiger partial charge in [0.15, 0.2) is 23.0 Å². The van der Waals surface area contributed by atoms with Crippen molar-refractivity contribution >= 4 is 22.4 Å². The van der Waals surface area contributed by atoms with Gasteiger partial charge in [0.1, 0.15) is 5.69 Å². The summed E-state index contributed by atoms with van der Waals surface area (Å²) in [7, 11) is 6.18. The van der Waals surface area contributed by atoms with Crippen molar-refractivity contribution in [2.75, 3.05) is 28.4 Å². The van der Waals surface area contributed by atoms with Gasteiger partial charge in [-0.05, 0) is 41.5 Å². The second kappa shape index (κ2) is 9.29. The Morgan fingerprint density at radius 1 is 0.879 bits per heavy atom. The highest BCUT2D eigenvalue weighted by molar-refractivity contribution is 7.15. The molecule has 0 radical (unpaired) electrons. The zero-order valence-electron chi connectivity index (χ0n) is 18.4. The molecule has 0 atom stereocenters.